The average molecular weight is 373 g/mol. The second-order valence-corrected chi connectivity index (χ2v) is 5.41. The predicted molar refractivity (Wildman–Crippen MR) is 88.9 cm³/mol. The fraction of sp³-hybridized carbons (Fsp3) is 0. The maximum atomic E-state index is 5.90. The van der Waals surface area contributed by atoms with Gasteiger partial charge in [0.15, 0.2) is 0 Å². The van der Waals surface area contributed by atoms with Gasteiger partial charge >= 0.3 is 0 Å². The molecular weight excluding hydrogens is 361 g/mol. The molecular formula is C17H12INO. The van der Waals surface area contributed by atoms with E-state index in [4.69, 9.17) is 4.74 Å². The van der Waals surface area contributed by atoms with Crippen LogP contribution in [0.3, 0.4) is 0 Å². The van der Waals surface area contributed by atoms with Crippen molar-refractivity contribution < 1.29 is 4.74 Å². The predicted octanol–water partition coefficient (Wildman–Crippen LogP) is 5.15. The lowest BCUT2D eigenvalue weighted by atomic mass is 10.1. The lowest BCUT2D eigenvalue weighted by molar-refractivity contribution is 0.464. The summed E-state index contributed by atoms with van der Waals surface area (Å²) >= 11 is 2.34. The van der Waals surface area contributed by atoms with Crippen molar-refractivity contribution in [2.45, 2.75) is 0 Å². The van der Waals surface area contributed by atoms with E-state index in [-0.39, 0.29) is 0 Å². The van der Waals surface area contributed by atoms with Gasteiger partial charge in [0.2, 0.25) is 5.88 Å². The minimum Gasteiger partial charge on any atom is -0.438 e. The number of pyridine rings is 1. The molecule has 3 aromatic rings. The molecule has 0 atom stereocenters. The third-order valence-corrected chi connectivity index (χ3v) is 3.84. The maximum Gasteiger partial charge on any atom is 0.219 e. The summed E-state index contributed by atoms with van der Waals surface area (Å²) in [6.07, 6.45) is 1.73. The van der Waals surface area contributed by atoms with Crippen LogP contribution in [0.15, 0.2) is 72.9 Å². The lowest BCUT2D eigenvalue weighted by Gasteiger charge is -2.11. The van der Waals surface area contributed by atoms with Gasteiger partial charge in [0.05, 0.1) is 0 Å². The van der Waals surface area contributed by atoms with E-state index in [2.05, 4.69) is 45.8 Å². The average Bonchev–Trinajstić information content (AvgIpc) is 2.50. The Kier molecular flexibility index (Phi) is 3.97. The number of hydrogen-bond acceptors (Lipinski definition) is 2. The van der Waals surface area contributed by atoms with Gasteiger partial charge in [-0.2, -0.15) is 0 Å². The zero-order valence-corrected chi connectivity index (χ0v) is 12.8. The fourth-order valence-electron chi connectivity index (χ4n) is 1.98. The van der Waals surface area contributed by atoms with E-state index in [0.717, 1.165) is 11.3 Å². The quantitative estimate of drug-likeness (QED) is 0.593. The maximum absolute atomic E-state index is 5.90. The van der Waals surface area contributed by atoms with Gasteiger partial charge in [0, 0.05) is 21.4 Å². The van der Waals surface area contributed by atoms with Crippen LogP contribution in [-0.2, 0) is 0 Å². The van der Waals surface area contributed by atoms with Crippen LogP contribution in [0.2, 0.25) is 0 Å². The molecule has 3 heteroatoms. The van der Waals surface area contributed by atoms with Gasteiger partial charge in [-0.3, -0.25) is 0 Å². The van der Waals surface area contributed by atoms with Crippen LogP contribution >= 0.6 is 22.6 Å². The molecule has 0 fully saturated rings. The first-order valence-corrected chi connectivity index (χ1v) is 7.35. The molecule has 0 unspecified atom stereocenters. The van der Waals surface area contributed by atoms with Crippen LogP contribution < -0.4 is 4.74 Å². The van der Waals surface area contributed by atoms with Crippen LogP contribution in [0.1, 0.15) is 0 Å². The second kappa shape index (κ2) is 6.05. The normalized spacial score (nSPS) is 10.2. The number of ether oxygens (including phenoxy) is 1. The summed E-state index contributed by atoms with van der Waals surface area (Å²) in [5.41, 5.74) is 2.24. The van der Waals surface area contributed by atoms with Gasteiger partial charge in [0.25, 0.3) is 0 Å². The highest BCUT2D eigenvalue weighted by Gasteiger charge is 2.09. The highest BCUT2D eigenvalue weighted by Crippen LogP contribution is 2.34. The third-order valence-electron chi connectivity index (χ3n) is 2.90. The van der Waals surface area contributed by atoms with E-state index in [0.29, 0.717) is 5.88 Å². The van der Waals surface area contributed by atoms with E-state index in [9.17, 15) is 0 Å². The largest absolute Gasteiger partial charge is 0.438 e. The molecule has 20 heavy (non-hydrogen) atoms. The van der Waals surface area contributed by atoms with E-state index in [1.54, 1.807) is 6.20 Å². The second-order valence-electron chi connectivity index (χ2n) is 4.25. The molecule has 3 rings (SSSR count). The van der Waals surface area contributed by atoms with Crippen molar-refractivity contribution in [1.29, 1.82) is 0 Å². The van der Waals surface area contributed by atoms with Crippen molar-refractivity contribution in [1.82, 2.24) is 4.98 Å². The molecule has 0 bridgehead atoms. The Morgan fingerprint density at radius 3 is 2.20 bits per heavy atom. The summed E-state index contributed by atoms with van der Waals surface area (Å²) in [6.45, 7) is 0. The zero-order valence-electron chi connectivity index (χ0n) is 10.7. The fourth-order valence-corrected chi connectivity index (χ4v) is 2.66. The van der Waals surface area contributed by atoms with Gasteiger partial charge in [-0.25, -0.2) is 4.98 Å². The number of nitrogens with zero attached hydrogens (tertiary/aromatic N) is 1. The van der Waals surface area contributed by atoms with Crippen LogP contribution in [0.4, 0.5) is 0 Å². The highest BCUT2D eigenvalue weighted by atomic mass is 127. The third kappa shape index (κ3) is 2.82. The molecule has 0 N–H and O–H groups in total. The number of hydrogen-bond donors (Lipinski definition) is 0. The van der Waals surface area contributed by atoms with Crippen molar-refractivity contribution in [3.05, 3.63) is 76.5 Å². The Labute approximate surface area is 131 Å². The molecule has 1 heterocycles. The molecule has 1 aromatic heterocycles. The molecule has 0 saturated heterocycles. The molecule has 0 radical (unpaired) electrons. The molecule has 0 amide bonds. The molecule has 0 saturated carbocycles. The van der Waals surface area contributed by atoms with Gasteiger partial charge in [0.1, 0.15) is 5.75 Å². The minimum atomic E-state index is 0.603. The summed E-state index contributed by atoms with van der Waals surface area (Å²) in [4.78, 5) is 4.21. The zero-order chi connectivity index (χ0) is 13.8. The Bertz CT molecular complexity index is 713. The van der Waals surface area contributed by atoms with Crippen molar-refractivity contribution in [3.63, 3.8) is 0 Å². The Morgan fingerprint density at radius 1 is 0.750 bits per heavy atom. The molecule has 0 aliphatic rings. The van der Waals surface area contributed by atoms with Gasteiger partial charge in [-0.05, 0) is 46.4 Å². The topological polar surface area (TPSA) is 22.1 Å². The van der Waals surface area contributed by atoms with Crippen molar-refractivity contribution in [2.75, 3.05) is 0 Å². The molecule has 0 aliphatic heterocycles. The first-order chi connectivity index (χ1) is 9.84. The van der Waals surface area contributed by atoms with E-state index in [1.807, 2.05) is 48.5 Å². The van der Waals surface area contributed by atoms with Crippen molar-refractivity contribution >= 4 is 22.6 Å². The number of benzene rings is 2. The number of aromatic nitrogens is 1. The van der Waals surface area contributed by atoms with Gasteiger partial charge in [-0.15, -0.1) is 0 Å². The molecule has 0 aliphatic carbocycles. The van der Waals surface area contributed by atoms with Crippen LogP contribution in [0.25, 0.3) is 11.1 Å². The first-order valence-electron chi connectivity index (χ1n) is 6.27. The number of halogens is 1. The standard InChI is InChI=1S/C17H12INO/c18-15-9-3-1-7-13(15)14-8-2-4-10-16(14)20-17-11-5-6-12-19-17/h1-12H. The monoisotopic (exact) mass is 373 g/mol. The molecule has 0 spiro atoms. The minimum absolute atomic E-state index is 0.603. The van der Waals surface area contributed by atoms with Crippen LogP contribution in [0.5, 0.6) is 11.6 Å². The molecule has 98 valence electrons. The lowest BCUT2D eigenvalue weighted by Crippen LogP contribution is -1.91. The van der Waals surface area contributed by atoms with Gasteiger partial charge in [-0.1, -0.05) is 42.5 Å². The summed E-state index contributed by atoms with van der Waals surface area (Å²) in [6, 6.07) is 21.9. The van der Waals surface area contributed by atoms with Crippen LogP contribution in [0, 0.1) is 3.57 Å². The summed E-state index contributed by atoms with van der Waals surface area (Å²) in [5.74, 6) is 1.42. The number of rotatable bonds is 3. The smallest absolute Gasteiger partial charge is 0.219 e. The number of para-hydroxylation sites is 1. The molecule has 2 aromatic carbocycles. The van der Waals surface area contributed by atoms with E-state index in [1.165, 1.54) is 9.13 Å². The van der Waals surface area contributed by atoms with E-state index >= 15 is 0 Å². The Balaban J connectivity index is 2.03. The van der Waals surface area contributed by atoms with Crippen LogP contribution in [-0.4, -0.2) is 4.98 Å². The summed E-state index contributed by atoms with van der Waals surface area (Å²) < 4.78 is 7.10. The highest BCUT2D eigenvalue weighted by molar-refractivity contribution is 14.1. The van der Waals surface area contributed by atoms with Crippen molar-refractivity contribution in [3.8, 4) is 22.8 Å². The van der Waals surface area contributed by atoms with Gasteiger partial charge < -0.3 is 4.74 Å². The Hall–Kier alpha value is -1.88. The molecule has 2 nitrogen and oxygen atoms in total. The summed E-state index contributed by atoms with van der Waals surface area (Å²) in [5, 5.41) is 0. The van der Waals surface area contributed by atoms with E-state index < -0.39 is 0 Å². The first kappa shape index (κ1) is 13.1. The SMILES string of the molecule is Ic1ccccc1-c1ccccc1Oc1ccccn1. The van der Waals surface area contributed by atoms with Crippen molar-refractivity contribution in [2.24, 2.45) is 0 Å². The summed E-state index contributed by atoms with van der Waals surface area (Å²) in [7, 11) is 0. The Morgan fingerprint density at radius 2 is 1.45 bits per heavy atom.